The molecule has 0 N–H and O–H groups in total. The molecule has 2 aliphatic heterocycles. The number of hydrogen-bond donors (Lipinski definition) is 0. The van der Waals surface area contributed by atoms with Crippen molar-refractivity contribution in [3.63, 3.8) is 0 Å². The highest BCUT2D eigenvalue weighted by Gasteiger charge is 2.52. The fourth-order valence-electron chi connectivity index (χ4n) is 3.53. The summed E-state index contributed by atoms with van der Waals surface area (Å²) in [5, 5.41) is 0. The van der Waals surface area contributed by atoms with Crippen LogP contribution in [0.25, 0.3) is 0 Å². The molecule has 1 amide bonds. The Balaban J connectivity index is 1.72. The minimum atomic E-state index is -3.25. The zero-order chi connectivity index (χ0) is 16.7. The number of likely N-dealkylation sites (tertiary alicyclic amines) is 1. The van der Waals surface area contributed by atoms with Crippen LogP contribution in [0.1, 0.15) is 25.3 Å². The molecule has 3 rings (SSSR count). The first-order valence-electron chi connectivity index (χ1n) is 7.88. The first-order chi connectivity index (χ1) is 10.9. The highest BCUT2D eigenvalue weighted by molar-refractivity contribution is 7.89. The standard InChI is InChI=1S/C16H21FN2O3S/c1-2-23(21,22)19-9-7-16(12-19)6-8-18(15(16)20)11-13-4-3-5-14(17)10-13/h3-5,10H,2,6-9,11-12H2,1H3. The topological polar surface area (TPSA) is 57.7 Å². The lowest BCUT2D eigenvalue weighted by Crippen LogP contribution is -2.38. The van der Waals surface area contributed by atoms with Crippen molar-refractivity contribution in [2.75, 3.05) is 25.4 Å². The average Bonchev–Trinajstić information content (AvgIpc) is 3.08. The summed E-state index contributed by atoms with van der Waals surface area (Å²) in [4.78, 5) is 14.5. The van der Waals surface area contributed by atoms with E-state index in [0.717, 1.165) is 5.56 Å². The van der Waals surface area contributed by atoms with Gasteiger partial charge in [-0.1, -0.05) is 12.1 Å². The van der Waals surface area contributed by atoms with E-state index in [1.165, 1.54) is 16.4 Å². The predicted octanol–water partition coefficient (Wildman–Crippen LogP) is 1.60. The normalized spacial score (nSPS) is 25.7. The van der Waals surface area contributed by atoms with Gasteiger partial charge in [-0.3, -0.25) is 4.79 Å². The van der Waals surface area contributed by atoms with Gasteiger partial charge in [-0.2, -0.15) is 0 Å². The third kappa shape index (κ3) is 2.99. The molecule has 1 spiro atoms. The van der Waals surface area contributed by atoms with E-state index >= 15 is 0 Å². The summed E-state index contributed by atoms with van der Waals surface area (Å²) in [7, 11) is -3.25. The van der Waals surface area contributed by atoms with Gasteiger partial charge >= 0.3 is 0 Å². The Kier molecular flexibility index (Phi) is 4.18. The van der Waals surface area contributed by atoms with Crippen molar-refractivity contribution in [3.8, 4) is 0 Å². The molecule has 0 aromatic heterocycles. The first kappa shape index (κ1) is 16.4. The molecule has 2 fully saturated rings. The van der Waals surface area contributed by atoms with Gasteiger partial charge in [-0.05, 0) is 37.5 Å². The maximum absolute atomic E-state index is 13.3. The van der Waals surface area contributed by atoms with Gasteiger partial charge in [0.25, 0.3) is 0 Å². The van der Waals surface area contributed by atoms with E-state index in [4.69, 9.17) is 0 Å². The highest BCUT2D eigenvalue weighted by Crippen LogP contribution is 2.42. The molecule has 5 nitrogen and oxygen atoms in total. The molecular formula is C16H21FN2O3S. The minimum absolute atomic E-state index is 0.00411. The number of benzene rings is 1. The molecule has 126 valence electrons. The molecule has 1 unspecified atom stereocenters. The van der Waals surface area contributed by atoms with Crippen molar-refractivity contribution in [1.82, 2.24) is 9.21 Å². The van der Waals surface area contributed by atoms with Crippen molar-refractivity contribution < 1.29 is 17.6 Å². The van der Waals surface area contributed by atoms with Crippen molar-refractivity contribution in [2.45, 2.75) is 26.3 Å². The number of carbonyl (C=O) groups is 1. The van der Waals surface area contributed by atoms with Crippen LogP contribution in [0.3, 0.4) is 0 Å². The van der Waals surface area contributed by atoms with Crippen LogP contribution >= 0.6 is 0 Å². The molecule has 7 heteroatoms. The SMILES string of the molecule is CCS(=O)(=O)N1CCC2(CCN(Cc3cccc(F)c3)C2=O)C1. The van der Waals surface area contributed by atoms with Crippen LogP contribution < -0.4 is 0 Å². The maximum Gasteiger partial charge on any atom is 0.230 e. The number of rotatable bonds is 4. The Morgan fingerprint density at radius 3 is 2.70 bits per heavy atom. The molecule has 1 aromatic rings. The third-order valence-electron chi connectivity index (χ3n) is 4.94. The number of sulfonamides is 1. The Morgan fingerprint density at radius 1 is 1.26 bits per heavy atom. The molecule has 0 saturated carbocycles. The van der Waals surface area contributed by atoms with Crippen LogP contribution in [0.4, 0.5) is 4.39 Å². The number of carbonyl (C=O) groups excluding carboxylic acids is 1. The summed E-state index contributed by atoms with van der Waals surface area (Å²) >= 11 is 0. The van der Waals surface area contributed by atoms with Gasteiger partial charge in [0.15, 0.2) is 0 Å². The van der Waals surface area contributed by atoms with Crippen LogP contribution in [0.5, 0.6) is 0 Å². The fraction of sp³-hybridized carbons (Fsp3) is 0.562. The Labute approximate surface area is 136 Å². The summed E-state index contributed by atoms with van der Waals surface area (Å²) in [5.41, 5.74) is 0.168. The van der Waals surface area contributed by atoms with Gasteiger partial charge < -0.3 is 4.90 Å². The van der Waals surface area contributed by atoms with Crippen molar-refractivity contribution in [3.05, 3.63) is 35.6 Å². The molecule has 2 heterocycles. The van der Waals surface area contributed by atoms with E-state index < -0.39 is 15.4 Å². The van der Waals surface area contributed by atoms with Gasteiger partial charge in [0, 0.05) is 26.2 Å². The van der Waals surface area contributed by atoms with Crippen molar-refractivity contribution >= 4 is 15.9 Å². The fourth-order valence-corrected chi connectivity index (χ4v) is 4.71. The molecule has 0 bridgehead atoms. The molecule has 0 aliphatic carbocycles. The van der Waals surface area contributed by atoms with Gasteiger partial charge in [0.05, 0.1) is 11.2 Å². The molecular weight excluding hydrogens is 319 g/mol. The molecule has 2 saturated heterocycles. The van der Waals surface area contributed by atoms with E-state index in [-0.39, 0.29) is 24.0 Å². The minimum Gasteiger partial charge on any atom is -0.338 e. The number of amides is 1. The van der Waals surface area contributed by atoms with E-state index in [1.54, 1.807) is 24.0 Å². The van der Waals surface area contributed by atoms with Gasteiger partial charge in [-0.15, -0.1) is 0 Å². The van der Waals surface area contributed by atoms with E-state index in [0.29, 0.717) is 32.5 Å². The van der Waals surface area contributed by atoms with E-state index in [2.05, 4.69) is 0 Å². The van der Waals surface area contributed by atoms with Crippen LogP contribution in [-0.4, -0.2) is 48.9 Å². The Bertz CT molecular complexity index is 722. The average molecular weight is 340 g/mol. The molecule has 0 radical (unpaired) electrons. The maximum atomic E-state index is 13.3. The second-order valence-electron chi connectivity index (χ2n) is 6.37. The van der Waals surface area contributed by atoms with Crippen LogP contribution in [0, 0.1) is 11.2 Å². The van der Waals surface area contributed by atoms with Gasteiger partial charge in [0.1, 0.15) is 5.82 Å². The second-order valence-corrected chi connectivity index (χ2v) is 8.63. The Morgan fingerprint density at radius 2 is 2.00 bits per heavy atom. The zero-order valence-corrected chi connectivity index (χ0v) is 14.0. The first-order valence-corrected chi connectivity index (χ1v) is 9.49. The monoisotopic (exact) mass is 340 g/mol. The summed E-state index contributed by atoms with van der Waals surface area (Å²) in [6.45, 7) is 3.28. The zero-order valence-electron chi connectivity index (χ0n) is 13.2. The van der Waals surface area contributed by atoms with Crippen LogP contribution in [0.2, 0.25) is 0 Å². The molecule has 23 heavy (non-hydrogen) atoms. The second kappa shape index (κ2) is 5.87. The summed E-state index contributed by atoms with van der Waals surface area (Å²) in [6.07, 6.45) is 1.24. The van der Waals surface area contributed by atoms with Crippen molar-refractivity contribution in [1.29, 1.82) is 0 Å². The molecule has 2 aliphatic rings. The van der Waals surface area contributed by atoms with Gasteiger partial charge in [0.2, 0.25) is 15.9 Å². The molecule has 1 aromatic carbocycles. The number of nitrogens with zero attached hydrogens (tertiary/aromatic N) is 2. The lowest BCUT2D eigenvalue weighted by molar-refractivity contribution is -0.135. The van der Waals surface area contributed by atoms with Crippen molar-refractivity contribution in [2.24, 2.45) is 5.41 Å². The summed E-state index contributed by atoms with van der Waals surface area (Å²) < 4.78 is 38.8. The van der Waals surface area contributed by atoms with Gasteiger partial charge in [-0.25, -0.2) is 17.1 Å². The smallest absolute Gasteiger partial charge is 0.230 e. The van der Waals surface area contributed by atoms with Crippen LogP contribution in [0.15, 0.2) is 24.3 Å². The number of hydrogen-bond acceptors (Lipinski definition) is 3. The van der Waals surface area contributed by atoms with E-state index in [9.17, 15) is 17.6 Å². The van der Waals surface area contributed by atoms with Crippen LogP contribution in [-0.2, 0) is 21.4 Å². The molecule has 1 atom stereocenters. The lowest BCUT2D eigenvalue weighted by Gasteiger charge is -2.23. The van der Waals surface area contributed by atoms with E-state index in [1.807, 2.05) is 0 Å². The number of halogens is 1. The quantitative estimate of drug-likeness (QED) is 0.836. The predicted molar refractivity (Wildman–Crippen MR) is 84.5 cm³/mol. The summed E-state index contributed by atoms with van der Waals surface area (Å²) in [5.74, 6) is -0.259. The largest absolute Gasteiger partial charge is 0.338 e. The lowest BCUT2D eigenvalue weighted by atomic mass is 9.86. The third-order valence-corrected chi connectivity index (χ3v) is 6.77. The Hall–Kier alpha value is -1.47. The highest BCUT2D eigenvalue weighted by atomic mass is 32.2. The summed E-state index contributed by atoms with van der Waals surface area (Å²) in [6, 6.07) is 6.23.